The summed E-state index contributed by atoms with van der Waals surface area (Å²) in [5.41, 5.74) is 6.44. The zero-order chi connectivity index (χ0) is 11.7. The number of nitrogens with zero attached hydrogens (tertiary/aromatic N) is 1. The monoisotopic (exact) mass is 240 g/mol. The molecule has 0 bridgehead atoms. The van der Waals surface area contributed by atoms with Crippen LogP contribution in [0.15, 0.2) is 30.5 Å². The van der Waals surface area contributed by atoms with Gasteiger partial charge in [-0.3, -0.25) is 4.98 Å². The molecule has 2 rings (SSSR count). The third-order valence-corrected chi connectivity index (χ3v) is 2.36. The average molecular weight is 241 g/mol. The maximum absolute atomic E-state index is 13.5. The van der Waals surface area contributed by atoms with Crippen LogP contribution in [0.3, 0.4) is 0 Å². The van der Waals surface area contributed by atoms with E-state index in [1.165, 1.54) is 18.3 Å². The smallest absolute Gasteiger partial charge is 0.144 e. The molecule has 1 aromatic carbocycles. The fraction of sp³-hybridized carbons (Fsp3) is 0. The van der Waals surface area contributed by atoms with E-state index in [4.69, 9.17) is 17.3 Å². The molecule has 0 saturated carbocycles. The summed E-state index contributed by atoms with van der Waals surface area (Å²) < 4.78 is 26.4. The van der Waals surface area contributed by atoms with E-state index in [0.717, 1.165) is 6.07 Å². The Morgan fingerprint density at radius 1 is 1.12 bits per heavy atom. The first kappa shape index (κ1) is 10.8. The quantitative estimate of drug-likeness (QED) is 0.777. The van der Waals surface area contributed by atoms with Gasteiger partial charge in [-0.25, -0.2) is 8.78 Å². The topological polar surface area (TPSA) is 38.9 Å². The number of anilines is 1. The van der Waals surface area contributed by atoms with Crippen LogP contribution in [-0.4, -0.2) is 4.98 Å². The van der Waals surface area contributed by atoms with Gasteiger partial charge in [0, 0.05) is 23.5 Å². The Balaban J connectivity index is 2.60. The molecule has 0 spiro atoms. The van der Waals surface area contributed by atoms with Gasteiger partial charge in [-0.05, 0) is 18.2 Å². The molecule has 0 aliphatic rings. The summed E-state index contributed by atoms with van der Waals surface area (Å²) in [6.45, 7) is 0. The van der Waals surface area contributed by atoms with Crippen molar-refractivity contribution in [2.75, 3.05) is 5.73 Å². The van der Waals surface area contributed by atoms with Gasteiger partial charge < -0.3 is 5.73 Å². The molecule has 0 radical (unpaired) electrons. The highest BCUT2D eigenvalue weighted by atomic mass is 35.5. The van der Waals surface area contributed by atoms with Gasteiger partial charge in [0.2, 0.25) is 0 Å². The number of rotatable bonds is 1. The maximum atomic E-state index is 13.5. The van der Waals surface area contributed by atoms with Crippen LogP contribution in [0.2, 0.25) is 5.02 Å². The van der Waals surface area contributed by atoms with E-state index in [2.05, 4.69) is 4.98 Å². The normalized spacial score (nSPS) is 10.4. The van der Waals surface area contributed by atoms with Crippen LogP contribution < -0.4 is 5.73 Å². The molecule has 2 N–H and O–H groups in total. The number of hydrogen-bond acceptors (Lipinski definition) is 2. The lowest BCUT2D eigenvalue weighted by atomic mass is 10.1. The molecule has 0 saturated heterocycles. The first-order chi connectivity index (χ1) is 7.58. The van der Waals surface area contributed by atoms with Crippen molar-refractivity contribution in [2.45, 2.75) is 0 Å². The molecule has 0 fully saturated rings. The predicted molar refractivity (Wildman–Crippen MR) is 59.0 cm³/mol. The van der Waals surface area contributed by atoms with Crippen molar-refractivity contribution >= 4 is 17.3 Å². The molecule has 1 heterocycles. The second kappa shape index (κ2) is 4.06. The van der Waals surface area contributed by atoms with Crippen LogP contribution in [-0.2, 0) is 0 Å². The maximum Gasteiger partial charge on any atom is 0.144 e. The number of hydrogen-bond donors (Lipinski definition) is 1. The fourth-order valence-corrected chi connectivity index (χ4v) is 1.48. The summed E-state index contributed by atoms with van der Waals surface area (Å²) in [6, 6.07) is 4.98. The van der Waals surface area contributed by atoms with Crippen LogP contribution in [0.5, 0.6) is 0 Å². The third kappa shape index (κ3) is 1.97. The van der Waals surface area contributed by atoms with E-state index in [0.29, 0.717) is 11.4 Å². The van der Waals surface area contributed by atoms with E-state index in [1.54, 1.807) is 6.07 Å². The Morgan fingerprint density at radius 2 is 1.88 bits per heavy atom. The van der Waals surface area contributed by atoms with Crippen LogP contribution in [0.4, 0.5) is 14.5 Å². The average Bonchev–Trinajstić information content (AvgIpc) is 2.23. The standard InChI is InChI=1S/C11H7ClF2N2/c12-8-4-7(9(13)5-10(8)14)11-3-6(15)1-2-16-11/h1-5H,(H2,15,16). The lowest BCUT2D eigenvalue weighted by Crippen LogP contribution is -1.92. The van der Waals surface area contributed by atoms with Crippen LogP contribution >= 0.6 is 11.6 Å². The Morgan fingerprint density at radius 3 is 2.56 bits per heavy atom. The summed E-state index contributed by atoms with van der Waals surface area (Å²) in [5.74, 6) is -1.52. The van der Waals surface area contributed by atoms with Crippen molar-refractivity contribution in [1.82, 2.24) is 4.98 Å². The van der Waals surface area contributed by atoms with E-state index >= 15 is 0 Å². The molecule has 1 aromatic heterocycles. The van der Waals surface area contributed by atoms with Gasteiger partial charge in [-0.2, -0.15) is 0 Å². The lowest BCUT2D eigenvalue weighted by molar-refractivity contribution is 0.585. The van der Waals surface area contributed by atoms with Gasteiger partial charge >= 0.3 is 0 Å². The largest absolute Gasteiger partial charge is 0.399 e. The zero-order valence-corrected chi connectivity index (χ0v) is 8.80. The summed E-state index contributed by atoms with van der Waals surface area (Å²) in [5, 5.41) is -0.152. The number of halogens is 3. The summed E-state index contributed by atoms with van der Waals surface area (Å²) in [7, 11) is 0. The van der Waals surface area contributed by atoms with Gasteiger partial charge in [0.1, 0.15) is 11.6 Å². The first-order valence-electron chi connectivity index (χ1n) is 4.44. The predicted octanol–water partition coefficient (Wildman–Crippen LogP) is 3.26. The minimum Gasteiger partial charge on any atom is -0.399 e. The highest BCUT2D eigenvalue weighted by Crippen LogP contribution is 2.27. The molecule has 0 aliphatic carbocycles. The van der Waals surface area contributed by atoms with Crippen molar-refractivity contribution in [3.05, 3.63) is 47.1 Å². The molecule has 0 unspecified atom stereocenters. The van der Waals surface area contributed by atoms with E-state index in [9.17, 15) is 8.78 Å². The molecule has 5 heteroatoms. The highest BCUT2D eigenvalue weighted by molar-refractivity contribution is 6.31. The second-order valence-corrected chi connectivity index (χ2v) is 3.63. The SMILES string of the molecule is Nc1ccnc(-c2cc(Cl)c(F)cc2F)c1. The summed E-state index contributed by atoms with van der Waals surface area (Å²) in [4.78, 5) is 3.94. The van der Waals surface area contributed by atoms with Gasteiger partial charge in [-0.15, -0.1) is 0 Å². The van der Waals surface area contributed by atoms with Crippen molar-refractivity contribution in [2.24, 2.45) is 0 Å². The second-order valence-electron chi connectivity index (χ2n) is 3.22. The molecule has 2 aromatic rings. The van der Waals surface area contributed by atoms with Crippen LogP contribution in [0.1, 0.15) is 0 Å². The lowest BCUT2D eigenvalue weighted by Gasteiger charge is -2.04. The van der Waals surface area contributed by atoms with Crippen molar-refractivity contribution in [3.8, 4) is 11.3 Å². The molecule has 82 valence electrons. The molecule has 16 heavy (non-hydrogen) atoms. The van der Waals surface area contributed by atoms with E-state index < -0.39 is 11.6 Å². The number of benzene rings is 1. The van der Waals surface area contributed by atoms with Crippen LogP contribution in [0, 0.1) is 11.6 Å². The molecule has 0 amide bonds. The minimum absolute atomic E-state index is 0.124. The Kier molecular flexibility index (Phi) is 2.75. The molecule has 2 nitrogen and oxygen atoms in total. The molecule has 0 atom stereocenters. The van der Waals surface area contributed by atoms with Gasteiger partial charge in [0.15, 0.2) is 0 Å². The number of nitrogens with two attached hydrogens (primary N) is 1. The number of pyridine rings is 1. The Labute approximate surface area is 95.7 Å². The molecular weight excluding hydrogens is 234 g/mol. The van der Waals surface area contributed by atoms with Gasteiger partial charge in [-0.1, -0.05) is 11.6 Å². The highest BCUT2D eigenvalue weighted by Gasteiger charge is 2.11. The molecule has 0 aliphatic heterocycles. The first-order valence-corrected chi connectivity index (χ1v) is 4.82. The third-order valence-electron chi connectivity index (χ3n) is 2.07. The summed E-state index contributed by atoms with van der Waals surface area (Å²) >= 11 is 5.57. The fourth-order valence-electron chi connectivity index (χ4n) is 1.31. The van der Waals surface area contributed by atoms with Crippen LogP contribution in [0.25, 0.3) is 11.3 Å². The van der Waals surface area contributed by atoms with Crippen molar-refractivity contribution in [1.29, 1.82) is 0 Å². The van der Waals surface area contributed by atoms with Gasteiger partial charge in [0.25, 0.3) is 0 Å². The molecular formula is C11H7ClF2N2. The number of nitrogen functional groups attached to an aromatic ring is 1. The van der Waals surface area contributed by atoms with Crippen molar-refractivity contribution < 1.29 is 8.78 Å². The van der Waals surface area contributed by atoms with Crippen molar-refractivity contribution in [3.63, 3.8) is 0 Å². The minimum atomic E-state index is -0.799. The van der Waals surface area contributed by atoms with Gasteiger partial charge in [0.05, 0.1) is 10.7 Å². The number of aromatic nitrogens is 1. The Hall–Kier alpha value is -1.68. The van der Waals surface area contributed by atoms with E-state index in [1.807, 2.05) is 0 Å². The van der Waals surface area contributed by atoms with E-state index in [-0.39, 0.29) is 10.6 Å². The zero-order valence-electron chi connectivity index (χ0n) is 8.05. The Bertz CT molecular complexity index is 544. The summed E-state index contributed by atoms with van der Waals surface area (Å²) in [6.07, 6.45) is 1.45.